The summed E-state index contributed by atoms with van der Waals surface area (Å²) in [4.78, 5) is 48.0. The third kappa shape index (κ3) is 4.57. The SMILES string of the molecule is COC(=O)c1cc(NC(=O)CCCn2c(=O)oc3ccccc32)cc(C(=O)OC)c1. The molecule has 0 fully saturated rings. The Morgan fingerprint density at radius 2 is 1.63 bits per heavy atom. The molecule has 0 radical (unpaired) electrons. The summed E-state index contributed by atoms with van der Waals surface area (Å²) in [5, 5.41) is 2.65. The number of aromatic nitrogens is 1. The summed E-state index contributed by atoms with van der Waals surface area (Å²) in [7, 11) is 2.43. The lowest BCUT2D eigenvalue weighted by atomic mass is 10.1. The minimum Gasteiger partial charge on any atom is -0.465 e. The number of para-hydroxylation sites is 2. The average molecular weight is 412 g/mol. The van der Waals surface area contributed by atoms with E-state index in [2.05, 4.69) is 14.8 Å². The van der Waals surface area contributed by atoms with Crippen LogP contribution in [0.15, 0.2) is 51.7 Å². The van der Waals surface area contributed by atoms with Crippen LogP contribution in [0.5, 0.6) is 0 Å². The highest BCUT2D eigenvalue weighted by Gasteiger charge is 2.15. The van der Waals surface area contributed by atoms with Crippen molar-refractivity contribution >= 4 is 34.6 Å². The van der Waals surface area contributed by atoms with Crippen LogP contribution in [0.4, 0.5) is 5.69 Å². The Balaban J connectivity index is 1.68. The van der Waals surface area contributed by atoms with Crippen molar-refractivity contribution in [1.29, 1.82) is 0 Å². The van der Waals surface area contributed by atoms with Crippen molar-refractivity contribution in [2.75, 3.05) is 19.5 Å². The van der Waals surface area contributed by atoms with Gasteiger partial charge in [-0.25, -0.2) is 14.4 Å². The summed E-state index contributed by atoms with van der Waals surface area (Å²) >= 11 is 0. The van der Waals surface area contributed by atoms with Gasteiger partial charge in [-0.15, -0.1) is 0 Å². The molecule has 0 saturated carbocycles. The van der Waals surface area contributed by atoms with Gasteiger partial charge in [-0.3, -0.25) is 9.36 Å². The molecule has 0 aliphatic rings. The predicted octanol–water partition coefficient (Wildman–Crippen LogP) is 2.59. The number of hydrogen-bond donors (Lipinski definition) is 1. The second-order valence-electron chi connectivity index (χ2n) is 6.42. The molecule has 0 saturated heterocycles. The first-order chi connectivity index (χ1) is 14.4. The largest absolute Gasteiger partial charge is 0.465 e. The van der Waals surface area contributed by atoms with E-state index in [0.29, 0.717) is 24.1 Å². The lowest BCUT2D eigenvalue weighted by Crippen LogP contribution is -2.17. The summed E-state index contributed by atoms with van der Waals surface area (Å²) in [5.41, 5.74) is 1.62. The van der Waals surface area contributed by atoms with E-state index in [-0.39, 0.29) is 29.1 Å². The van der Waals surface area contributed by atoms with E-state index in [1.165, 1.54) is 37.0 Å². The van der Waals surface area contributed by atoms with Gasteiger partial charge in [0.15, 0.2) is 5.58 Å². The molecule has 1 aromatic heterocycles. The van der Waals surface area contributed by atoms with E-state index in [9.17, 15) is 19.2 Å². The molecule has 9 nitrogen and oxygen atoms in total. The maximum atomic E-state index is 12.3. The zero-order valence-electron chi connectivity index (χ0n) is 16.5. The summed E-state index contributed by atoms with van der Waals surface area (Å²) in [6, 6.07) is 11.2. The number of carbonyl (C=O) groups is 3. The number of carbonyl (C=O) groups excluding carboxylic acids is 3. The monoisotopic (exact) mass is 412 g/mol. The van der Waals surface area contributed by atoms with E-state index in [1.54, 1.807) is 24.3 Å². The van der Waals surface area contributed by atoms with Crippen molar-refractivity contribution < 1.29 is 28.3 Å². The molecule has 30 heavy (non-hydrogen) atoms. The van der Waals surface area contributed by atoms with Gasteiger partial charge in [0.25, 0.3) is 0 Å². The molecule has 0 aliphatic heterocycles. The molecule has 0 atom stereocenters. The van der Waals surface area contributed by atoms with E-state index in [1.807, 2.05) is 0 Å². The molecule has 0 bridgehead atoms. The number of methoxy groups -OCH3 is 2. The molecular weight excluding hydrogens is 392 g/mol. The minimum atomic E-state index is -0.650. The van der Waals surface area contributed by atoms with Gasteiger partial charge in [-0.2, -0.15) is 0 Å². The van der Waals surface area contributed by atoms with Gasteiger partial charge in [-0.05, 0) is 36.8 Å². The van der Waals surface area contributed by atoms with Crippen LogP contribution < -0.4 is 11.1 Å². The van der Waals surface area contributed by atoms with Crippen molar-refractivity contribution in [3.8, 4) is 0 Å². The van der Waals surface area contributed by atoms with Crippen LogP contribution in [0.3, 0.4) is 0 Å². The van der Waals surface area contributed by atoms with Gasteiger partial charge in [-0.1, -0.05) is 12.1 Å². The van der Waals surface area contributed by atoms with Gasteiger partial charge in [0.1, 0.15) is 0 Å². The van der Waals surface area contributed by atoms with E-state index in [0.717, 1.165) is 0 Å². The average Bonchev–Trinajstić information content (AvgIpc) is 3.07. The van der Waals surface area contributed by atoms with Crippen LogP contribution in [0, 0.1) is 0 Å². The molecule has 0 spiro atoms. The molecule has 156 valence electrons. The molecule has 9 heteroatoms. The fourth-order valence-electron chi connectivity index (χ4n) is 3.02. The Labute approximate surface area is 171 Å². The highest BCUT2D eigenvalue weighted by molar-refractivity contribution is 5.99. The second-order valence-corrected chi connectivity index (χ2v) is 6.42. The Kier molecular flexibility index (Phi) is 6.31. The number of aryl methyl sites for hydroxylation is 1. The summed E-state index contributed by atoms with van der Waals surface area (Å²) in [6.07, 6.45) is 0.498. The Bertz CT molecular complexity index is 1130. The van der Waals surface area contributed by atoms with Crippen molar-refractivity contribution in [2.45, 2.75) is 19.4 Å². The summed E-state index contributed by atoms with van der Waals surface area (Å²) < 4.78 is 16.0. The topological polar surface area (TPSA) is 117 Å². The first-order valence-corrected chi connectivity index (χ1v) is 9.13. The number of hydrogen-bond acceptors (Lipinski definition) is 7. The van der Waals surface area contributed by atoms with E-state index >= 15 is 0 Å². The number of nitrogens with zero attached hydrogens (tertiary/aromatic N) is 1. The number of oxazole rings is 1. The van der Waals surface area contributed by atoms with Crippen LogP contribution in [-0.4, -0.2) is 36.6 Å². The van der Waals surface area contributed by atoms with Crippen molar-refractivity contribution in [2.24, 2.45) is 0 Å². The van der Waals surface area contributed by atoms with E-state index < -0.39 is 17.7 Å². The molecule has 1 N–H and O–H groups in total. The van der Waals surface area contributed by atoms with Gasteiger partial charge < -0.3 is 19.2 Å². The Morgan fingerprint density at radius 3 is 2.27 bits per heavy atom. The van der Waals surface area contributed by atoms with Gasteiger partial charge in [0, 0.05) is 18.7 Å². The lowest BCUT2D eigenvalue weighted by molar-refractivity contribution is -0.116. The third-order valence-electron chi connectivity index (χ3n) is 4.42. The molecular formula is C21H20N2O7. The number of anilines is 1. The zero-order valence-corrected chi connectivity index (χ0v) is 16.5. The van der Waals surface area contributed by atoms with Crippen LogP contribution >= 0.6 is 0 Å². The first-order valence-electron chi connectivity index (χ1n) is 9.13. The molecule has 3 aromatic rings. The predicted molar refractivity (Wildman–Crippen MR) is 107 cm³/mol. The van der Waals surface area contributed by atoms with Crippen molar-refractivity contribution in [1.82, 2.24) is 4.57 Å². The fourth-order valence-corrected chi connectivity index (χ4v) is 3.02. The smallest absolute Gasteiger partial charge is 0.419 e. The Morgan fingerprint density at radius 1 is 1.00 bits per heavy atom. The third-order valence-corrected chi connectivity index (χ3v) is 4.42. The highest BCUT2D eigenvalue weighted by atomic mass is 16.5. The lowest BCUT2D eigenvalue weighted by Gasteiger charge is -2.10. The highest BCUT2D eigenvalue weighted by Crippen LogP contribution is 2.18. The van der Waals surface area contributed by atoms with Gasteiger partial charge in [0.2, 0.25) is 5.91 Å². The molecule has 1 amide bonds. The number of ether oxygens (including phenoxy) is 2. The summed E-state index contributed by atoms with van der Waals surface area (Å²) in [5.74, 6) is -2.12. The number of benzene rings is 2. The van der Waals surface area contributed by atoms with Gasteiger partial charge in [0.05, 0.1) is 30.9 Å². The van der Waals surface area contributed by atoms with Crippen LogP contribution in [0.2, 0.25) is 0 Å². The first kappa shape index (κ1) is 20.8. The number of amides is 1. The Hall–Kier alpha value is -3.88. The second kappa shape index (κ2) is 9.08. The maximum Gasteiger partial charge on any atom is 0.419 e. The number of rotatable bonds is 7. The number of nitrogens with one attached hydrogen (secondary N) is 1. The summed E-state index contributed by atoms with van der Waals surface area (Å²) in [6.45, 7) is 0.304. The standard InChI is InChI=1S/C21H20N2O7/c1-28-19(25)13-10-14(20(26)29-2)12-15(11-13)22-18(24)8-5-9-23-16-6-3-4-7-17(16)30-21(23)27/h3-4,6-7,10-12H,5,8-9H2,1-2H3,(H,22,24). The van der Waals surface area contributed by atoms with Crippen LogP contribution in [0.1, 0.15) is 33.6 Å². The quantitative estimate of drug-likeness (QED) is 0.593. The molecule has 0 aliphatic carbocycles. The molecule has 3 rings (SSSR count). The van der Waals surface area contributed by atoms with Crippen LogP contribution in [-0.2, 0) is 20.8 Å². The van der Waals surface area contributed by atoms with Gasteiger partial charge >= 0.3 is 17.7 Å². The molecule has 2 aromatic carbocycles. The molecule has 0 unspecified atom stereocenters. The molecule has 1 heterocycles. The fraction of sp³-hybridized carbons (Fsp3) is 0.238. The van der Waals surface area contributed by atoms with E-state index in [4.69, 9.17) is 4.42 Å². The zero-order chi connectivity index (χ0) is 21.7. The normalized spacial score (nSPS) is 10.6. The van der Waals surface area contributed by atoms with Crippen molar-refractivity contribution in [3.05, 3.63) is 64.1 Å². The van der Waals surface area contributed by atoms with Crippen molar-refractivity contribution in [3.63, 3.8) is 0 Å². The minimum absolute atomic E-state index is 0.104. The number of esters is 2. The van der Waals surface area contributed by atoms with Crippen LogP contribution in [0.25, 0.3) is 11.1 Å². The maximum absolute atomic E-state index is 12.3. The number of fused-ring (bicyclic) bond motifs is 1.